The van der Waals surface area contributed by atoms with Gasteiger partial charge in [-0.05, 0) is 47.9 Å². The second-order valence-corrected chi connectivity index (χ2v) is 4.17. The average Bonchev–Trinajstić information content (AvgIpc) is 2.39. The number of hydrogen-bond acceptors (Lipinski definition) is 2. The molecule has 0 saturated carbocycles. The van der Waals surface area contributed by atoms with E-state index in [9.17, 15) is 9.59 Å². The first kappa shape index (κ1) is 12.8. The van der Waals surface area contributed by atoms with E-state index in [-0.39, 0.29) is 5.56 Å². The average molecular weight is 255 g/mol. The summed E-state index contributed by atoms with van der Waals surface area (Å²) in [6.45, 7) is 1.94. The number of carboxylic acids is 1. The summed E-state index contributed by atoms with van der Waals surface area (Å²) in [5, 5.41) is 11.4. The highest BCUT2D eigenvalue weighted by Gasteiger charge is 2.05. The molecule has 0 radical (unpaired) electrons. The molecule has 2 aromatic rings. The molecule has 2 rings (SSSR count). The van der Waals surface area contributed by atoms with Crippen molar-refractivity contribution in [3.63, 3.8) is 0 Å². The van der Waals surface area contributed by atoms with Crippen LogP contribution in [-0.4, -0.2) is 17.5 Å². The van der Waals surface area contributed by atoms with Crippen molar-refractivity contribution < 1.29 is 14.7 Å². The zero-order chi connectivity index (χ0) is 13.8. The summed E-state index contributed by atoms with van der Waals surface area (Å²) in [7, 11) is 0. The summed E-state index contributed by atoms with van der Waals surface area (Å²) >= 11 is 0. The highest BCUT2D eigenvalue weighted by molar-refractivity contribution is 5.88. The molecule has 2 aromatic carbocycles. The van der Waals surface area contributed by atoms with Gasteiger partial charge in [0, 0.05) is 5.69 Å². The van der Waals surface area contributed by atoms with Crippen LogP contribution in [0.15, 0.2) is 42.5 Å². The predicted octanol–water partition coefficient (Wildman–Crippen LogP) is 2.93. The largest absolute Gasteiger partial charge is 0.478 e. The third-order valence-corrected chi connectivity index (χ3v) is 2.89. The van der Waals surface area contributed by atoms with Gasteiger partial charge in [0.2, 0.25) is 6.41 Å². The predicted molar refractivity (Wildman–Crippen MR) is 73.3 cm³/mol. The van der Waals surface area contributed by atoms with Crippen molar-refractivity contribution in [2.75, 3.05) is 5.32 Å². The van der Waals surface area contributed by atoms with Crippen LogP contribution in [0.2, 0.25) is 0 Å². The molecule has 0 aliphatic carbocycles. The Hall–Kier alpha value is -2.62. The van der Waals surface area contributed by atoms with Crippen LogP contribution in [0.1, 0.15) is 15.9 Å². The highest BCUT2D eigenvalue weighted by atomic mass is 16.4. The smallest absolute Gasteiger partial charge is 0.335 e. The fourth-order valence-corrected chi connectivity index (χ4v) is 1.94. The molecule has 4 heteroatoms. The zero-order valence-electron chi connectivity index (χ0n) is 10.4. The Labute approximate surface area is 110 Å². The van der Waals surface area contributed by atoms with Crippen LogP contribution in [-0.2, 0) is 4.79 Å². The van der Waals surface area contributed by atoms with Crippen molar-refractivity contribution in [3.05, 3.63) is 53.6 Å². The summed E-state index contributed by atoms with van der Waals surface area (Å²) in [5.74, 6) is -0.936. The normalized spacial score (nSPS) is 9.95. The minimum Gasteiger partial charge on any atom is -0.478 e. The van der Waals surface area contributed by atoms with Gasteiger partial charge in [-0.15, -0.1) is 0 Å². The molecule has 2 N–H and O–H groups in total. The maximum atomic E-state index is 10.8. The Morgan fingerprint density at radius 2 is 1.84 bits per heavy atom. The van der Waals surface area contributed by atoms with Crippen molar-refractivity contribution in [1.82, 2.24) is 0 Å². The number of anilines is 1. The molecule has 96 valence electrons. The van der Waals surface area contributed by atoms with E-state index in [1.807, 2.05) is 25.1 Å². The molecule has 0 aliphatic rings. The number of carboxylic acid groups (broad SMARTS) is 1. The van der Waals surface area contributed by atoms with Crippen LogP contribution in [0.5, 0.6) is 0 Å². The van der Waals surface area contributed by atoms with Crippen LogP contribution in [0.4, 0.5) is 5.69 Å². The van der Waals surface area contributed by atoms with Crippen LogP contribution in [0.3, 0.4) is 0 Å². The van der Waals surface area contributed by atoms with E-state index in [1.165, 1.54) is 0 Å². The molecule has 0 spiro atoms. The van der Waals surface area contributed by atoms with Gasteiger partial charge >= 0.3 is 5.97 Å². The molecule has 0 saturated heterocycles. The molecular formula is C15H13NO3. The summed E-state index contributed by atoms with van der Waals surface area (Å²) in [6.07, 6.45) is 0.635. The summed E-state index contributed by atoms with van der Waals surface area (Å²) < 4.78 is 0. The fraction of sp³-hybridized carbons (Fsp3) is 0.0667. The molecule has 4 nitrogen and oxygen atoms in total. The van der Waals surface area contributed by atoms with Gasteiger partial charge < -0.3 is 10.4 Å². The number of rotatable bonds is 4. The van der Waals surface area contributed by atoms with Crippen LogP contribution < -0.4 is 5.32 Å². The van der Waals surface area contributed by atoms with E-state index in [0.29, 0.717) is 6.41 Å². The quantitative estimate of drug-likeness (QED) is 0.825. The monoisotopic (exact) mass is 255 g/mol. The second kappa shape index (κ2) is 5.35. The second-order valence-electron chi connectivity index (χ2n) is 4.17. The molecule has 0 aromatic heterocycles. The lowest BCUT2D eigenvalue weighted by molar-refractivity contribution is -0.105. The molecule has 0 bridgehead atoms. The molecular weight excluding hydrogens is 242 g/mol. The number of hydrogen-bond donors (Lipinski definition) is 2. The van der Waals surface area contributed by atoms with E-state index in [1.54, 1.807) is 24.3 Å². The molecule has 0 heterocycles. The summed E-state index contributed by atoms with van der Waals surface area (Å²) in [6, 6.07) is 12.3. The Balaban J connectivity index is 2.36. The number of nitrogens with one attached hydrogen (secondary N) is 1. The van der Waals surface area contributed by atoms with E-state index in [0.717, 1.165) is 22.4 Å². The van der Waals surface area contributed by atoms with Crippen LogP contribution in [0.25, 0.3) is 11.1 Å². The highest BCUT2D eigenvalue weighted by Crippen LogP contribution is 2.26. The number of aromatic carboxylic acids is 1. The Morgan fingerprint density at radius 3 is 2.37 bits per heavy atom. The molecule has 0 aliphatic heterocycles. The van der Waals surface area contributed by atoms with Crippen molar-refractivity contribution >= 4 is 18.1 Å². The lowest BCUT2D eigenvalue weighted by Gasteiger charge is -2.08. The first-order valence-electron chi connectivity index (χ1n) is 5.76. The lowest BCUT2D eigenvalue weighted by Crippen LogP contribution is -1.96. The number of carbonyl (C=O) groups excluding carboxylic acids is 1. The van der Waals surface area contributed by atoms with Crippen molar-refractivity contribution in [2.45, 2.75) is 6.92 Å². The van der Waals surface area contributed by atoms with Gasteiger partial charge in [-0.1, -0.05) is 18.2 Å². The number of amides is 1. The van der Waals surface area contributed by atoms with E-state index < -0.39 is 5.97 Å². The van der Waals surface area contributed by atoms with Gasteiger partial charge in [-0.25, -0.2) is 4.79 Å². The van der Waals surface area contributed by atoms with E-state index >= 15 is 0 Å². The minimum absolute atomic E-state index is 0.264. The van der Waals surface area contributed by atoms with Gasteiger partial charge in [0.05, 0.1) is 5.56 Å². The molecule has 0 atom stereocenters. The van der Waals surface area contributed by atoms with Crippen LogP contribution in [0, 0.1) is 6.92 Å². The molecule has 1 amide bonds. The Bertz CT molecular complexity index is 618. The fourth-order valence-electron chi connectivity index (χ4n) is 1.94. The third-order valence-electron chi connectivity index (χ3n) is 2.89. The first-order valence-corrected chi connectivity index (χ1v) is 5.76. The Morgan fingerprint density at radius 1 is 1.16 bits per heavy atom. The zero-order valence-corrected chi connectivity index (χ0v) is 10.4. The first-order chi connectivity index (χ1) is 9.11. The van der Waals surface area contributed by atoms with Gasteiger partial charge in [-0.3, -0.25) is 4.79 Å². The minimum atomic E-state index is -0.936. The third kappa shape index (κ3) is 2.80. The molecule has 0 unspecified atom stereocenters. The van der Waals surface area contributed by atoms with E-state index in [2.05, 4.69) is 5.32 Å². The number of aryl methyl sites for hydroxylation is 1. The van der Waals surface area contributed by atoms with Crippen molar-refractivity contribution in [1.29, 1.82) is 0 Å². The Kier molecular flexibility index (Phi) is 3.61. The lowest BCUT2D eigenvalue weighted by atomic mass is 9.99. The number of carbonyl (C=O) groups is 2. The standard InChI is InChI=1S/C15H13NO3/c1-10-8-13(16-9-17)6-7-14(10)11-2-4-12(5-3-11)15(18)19/h2-9H,1H3,(H,16,17)(H,18,19). The SMILES string of the molecule is Cc1cc(NC=O)ccc1-c1ccc(C(=O)O)cc1. The maximum absolute atomic E-state index is 10.8. The van der Waals surface area contributed by atoms with Crippen molar-refractivity contribution in [2.24, 2.45) is 0 Å². The van der Waals surface area contributed by atoms with Gasteiger partial charge in [0.15, 0.2) is 0 Å². The summed E-state index contributed by atoms with van der Waals surface area (Å²) in [5.41, 5.74) is 3.96. The summed E-state index contributed by atoms with van der Waals surface area (Å²) in [4.78, 5) is 21.2. The van der Waals surface area contributed by atoms with Gasteiger partial charge in [-0.2, -0.15) is 0 Å². The topological polar surface area (TPSA) is 66.4 Å². The number of benzene rings is 2. The molecule has 0 fully saturated rings. The van der Waals surface area contributed by atoms with Gasteiger partial charge in [0.25, 0.3) is 0 Å². The van der Waals surface area contributed by atoms with E-state index in [4.69, 9.17) is 5.11 Å². The van der Waals surface area contributed by atoms with Gasteiger partial charge in [0.1, 0.15) is 0 Å². The van der Waals surface area contributed by atoms with Crippen LogP contribution >= 0.6 is 0 Å². The van der Waals surface area contributed by atoms with Crippen molar-refractivity contribution in [3.8, 4) is 11.1 Å². The maximum Gasteiger partial charge on any atom is 0.335 e. The molecule has 19 heavy (non-hydrogen) atoms.